The van der Waals surface area contributed by atoms with Gasteiger partial charge in [0.1, 0.15) is 12.7 Å². The number of carbonyl (C=O) groups is 3. The van der Waals surface area contributed by atoms with E-state index < -0.39 is 57.6 Å². The Hall–Kier alpha value is -2.82. The summed E-state index contributed by atoms with van der Waals surface area (Å²) in [6.07, 6.45) is 45.3. The fraction of sp³-hybridized carbons (Fsp3) is 0.711. The van der Waals surface area contributed by atoms with Gasteiger partial charge in [-0.2, -0.15) is 0 Å². The number of carboxylic acid groups (broad SMARTS) is 1. The van der Waals surface area contributed by atoms with Gasteiger partial charge >= 0.3 is 19.8 Å². The van der Waals surface area contributed by atoms with E-state index in [-0.39, 0.29) is 12.8 Å². The lowest BCUT2D eigenvalue weighted by Crippen LogP contribution is -2.43. The summed E-state index contributed by atoms with van der Waals surface area (Å²) in [5, 5.41) is 21.8. The predicted octanol–water partition coefficient (Wildman–Crippen LogP) is 11.2. The molecule has 0 saturated heterocycles. The Morgan fingerprint density at radius 3 is 1.53 bits per heavy atom. The van der Waals surface area contributed by atoms with Crippen molar-refractivity contribution in [1.29, 1.82) is 0 Å². The molecule has 0 rings (SSSR count). The minimum Gasteiger partial charge on any atom is -0.480 e. The lowest BCUT2D eigenvalue weighted by atomic mass is 10.0. The quantitative estimate of drug-likeness (QED) is 0.0202. The zero-order chi connectivity index (χ0) is 42.1. The maximum atomic E-state index is 12.3. The molecule has 0 radical (unpaired) electrons. The van der Waals surface area contributed by atoms with Crippen LogP contribution >= 0.6 is 7.82 Å². The number of phosphoric acid groups is 1. The number of ether oxygens (including phenoxy) is 1. The fourth-order valence-corrected chi connectivity index (χ4v) is 6.47. The van der Waals surface area contributed by atoms with E-state index in [0.717, 1.165) is 83.5 Å². The summed E-state index contributed by atoms with van der Waals surface area (Å²) in [4.78, 5) is 45.8. The van der Waals surface area contributed by atoms with Crippen LogP contribution in [0.1, 0.15) is 174 Å². The highest BCUT2D eigenvalue weighted by molar-refractivity contribution is 7.47. The van der Waals surface area contributed by atoms with Crippen LogP contribution in [0.25, 0.3) is 0 Å². The van der Waals surface area contributed by atoms with Gasteiger partial charge in [0.2, 0.25) is 5.91 Å². The molecule has 328 valence electrons. The van der Waals surface area contributed by atoms with Crippen LogP contribution in [0.4, 0.5) is 0 Å². The van der Waals surface area contributed by atoms with Gasteiger partial charge in [-0.25, -0.2) is 9.36 Å². The van der Waals surface area contributed by atoms with Gasteiger partial charge < -0.3 is 25.2 Å². The molecule has 0 spiro atoms. The lowest BCUT2D eigenvalue weighted by Gasteiger charge is -2.18. The summed E-state index contributed by atoms with van der Waals surface area (Å²) in [6.45, 7) is 2.44. The Labute approximate surface area is 345 Å². The molecule has 1 amide bonds. The molecule has 0 aliphatic rings. The van der Waals surface area contributed by atoms with Crippen LogP contribution in [0.15, 0.2) is 60.8 Å². The first kappa shape index (κ1) is 54.2. The third kappa shape index (κ3) is 39.8. The van der Waals surface area contributed by atoms with E-state index >= 15 is 0 Å². The second-order valence-electron chi connectivity index (χ2n) is 14.5. The lowest BCUT2D eigenvalue weighted by molar-refractivity contribution is -0.147. The second kappa shape index (κ2) is 40.0. The van der Waals surface area contributed by atoms with Crippen LogP contribution in [0.2, 0.25) is 0 Å². The number of amides is 1. The number of hydrogen-bond acceptors (Lipinski definition) is 8. The van der Waals surface area contributed by atoms with Gasteiger partial charge in [0, 0.05) is 12.8 Å². The van der Waals surface area contributed by atoms with Crippen molar-refractivity contribution in [1.82, 2.24) is 5.32 Å². The number of unbranched alkanes of at least 4 members (excludes halogenated alkanes) is 16. The van der Waals surface area contributed by atoms with E-state index in [2.05, 4.69) is 79.9 Å². The molecule has 0 aliphatic heterocycles. The van der Waals surface area contributed by atoms with Crippen molar-refractivity contribution in [3.63, 3.8) is 0 Å². The SMILES string of the molecule is CC/C=C\C/C=C\C/C=C\C/C=C\C/C=C\CCCCCCCC(=O)OCC(O)COP(=O)(O)OCC(NC(=O)CCCCCCCCCCCCCC)C(=O)O. The van der Waals surface area contributed by atoms with E-state index in [1.54, 1.807) is 0 Å². The van der Waals surface area contributed by atoms with Gasteiger partial charge in [-0.15, -0.1) is 0 Å². The number of aliphatic hydroxyl groups excluding tert-OH is 1. The molecule has 0 aromatic heterocycles. The van der Waals surface area contributed by atoms with Crippen LogP contribution in [0.3, 0.4) is 0 Å². The average molecular weight is 824 g/mol. The van der Waals surface area contributed by atoms with Gasteiger partial charge in [-0.1, -0.05) is 164 Å². The van der Waals surface area contributed by atoms with E-state index in [0.29, 0.717) is 12.8 Å². The number of aliphatic carboxylic acids is 1. The monoisotopic (exact) mass is 824 g/mol. The first-order valence-electron chi connectivity index (χ1n) is 21.8. The maximum Gasteiger partial charge on any atom is 0.472 e. The van der Waals surface area contributed by atoms with Gasteiger partial charge in [-0.3, -0.25) is 18.6 Å². The van der Waals surface area contributed by atoms with Crippen LogP contribution < -0.4 is 5.32 Å². The highest BCUT2D eigenvalue weighted by Crippen LogP contribution is 2.43. The molecule has 57 heavy (non-hydrogen) atoms. The third-order valence-electron chi connectivity index (χ3n) is 9.07. The van der Waals surface area contributed by atoms with Crippen molar-refractivity contribution >= 4 is 25.7 Å². The number of carboxylic acids is 1. The van der Waals surface area contributed by atoms with Crippen molar-refractivity contribution in [2.45, 2.75) is 187 Å². The van der Waals surface area contributed by atoms with E-state index in [1.165, 1.54) is 51.4 Å². The number of nitrogens with one attached hydrogen (secondary N) is 1. The molecule has 11 nitrogen and oxygen atoms in total. The number of phosphoric ester groups is 1. The van der Waals surface area contributed by atoms with Crippen molar-refractivity contribution in [3.8, 4) is 0 Å². The zero-order valence-electron chi connectivity index (χ0n) is 35.4. The molecule has 0 fully saturated rings. The average Bonchev–Trinajstić information content (AvgIpc) is 3.18. The number of esters is 1. The van der Waals surface area contributed by atoms with Gasteiger partial charge in [0.25, 0.3) is 0 Å². The molecule has 3 unspecified atom stereocenters. The number of hydrogen-bond donors (Lipinski definition) is 4. The molecule has 3 atom stereocenters. The van der Waals surface area contributed by atoms with Crippen LogP contribution in [-0.2, 0) is 32.7 Å². The number of aliphatic hydroxyl groups is 1. The Morgan fingerprint density at radius 2 is 1.02 bits per heavy atom. The van der Waals surface area contributed by atoms with E-state index in [4.69, 9.17) is 13.8 Å². The molecular formula is C45H78NO10P. The molecular weight excluding hydrogens is 745 g/mol. The summed E-state index contributed by atoms with van der Waals surface area (Å²) >= 11 is 0. The van der Waals surface area contributed by atoms with Crippen molar-refractivity contribution in [3.05, 3.63) is 60.8 Å². The normalized spacial score (nSPS) is 14.3. The Morgan fingerprint density at radius 1 is 0.579 bits per heavy atom. The summed E-state index contributed by atoms with van der Waals surface area (Å²) in [5.74, 6) is -2.40. The Kier molecular flexibility index (Phi) is 38.0. The number of rotatable bonds is 40. The Balaban J connectivity index is 3.92. The summed E-state index contributed by atoms with van der Waals surface area (Å²) in [6, 6.07) is -1.55. The molecule has 12 heteroatoms. The summed E-state index contributed by atoms with van der Waals surface area (Å²) in [5.41, 5.74) is 0. The summed E-state index contributed by atoms with van der Waals surface area (Å²) < 4.78 is 26.8. The van der Waals surface area contributed by atoms with Crippen molar-refractivity contribution in [2.75, 3.05) is 19.8 Å². The topological polar surface area (TPSA) is 169 Å². The smallest absolute Gasteiger partial charge is 0.472 e. The minimum atomic E-state index is -4.76. The molecule has 0 bridgehead atoms. The standard InChI is InChI=1S/C45H78NO10P/c1-3-5-7-9-11-13-15-17-18-19-20-21-22-23-24-25-27-29-31-33-35-37-44(49)54-38-41(47)39-55-57(52,53)56-40-42(45(50)51)46-43(48)36-34-32-30-28-26-16-14-12-10-8-6-4-2/h5,7,11,13,17-18,20-21,23-24,41-42,47H,3-4,6,8-10,12,14-16,19,22,25-40H2,1-2H3,(H,46,48)(H,50,51)(H,52,53)/b7-5-,13-11-,18-17-,21-20-,24-23-. The molecule has 0 aliphatic carbocycles. The van der Waals surface area contributed by atoms with Gasteiger partial charge in [0.15, 0.2) is 6.04 Å². The highest BCUT2D eigenvalue weighted by Gasteiger charge is 2.28. The zero-order valence-corrected chi connectivity index (χ0v) is 36.3. The van der Waals surface area contributed by atoms with Gasteiger partial charge in [0.05, 0.1) is 13.2 Å². The van der Waals surface area contributed by atoms with Crippen molar-refractivity contribution < 1.29 is 47.8 Å². The fourth-order valence-electron chi connectivity index (χ4n) is 5.69. The maximum absolute atomic E-state index is 12.3. The molecule has 0 saturated carbocycles. The third-order valence-corrected chi connectivity index (χ3v) is 10.0. The van der Waals surface area contributed by atoms with E-state index in [9.17, 15) is 34.1 Å². The van der Waals surface area contributed by atoms with Crippen LogP contribution in [0, 0.1) is 0 Å². The minimum absolute atomic E-state index is 0.145. The molecule has 4 N–H and O–H groups in total. The highest BCUT2D eigenvalue weighted by atomic mass is 31.2. The first-order chi connectivity index (χ1) is 27.6. The molecule has 0 heterocycles. The molecule has 0 aromatic carbocycles. The molecule has 0 aromatic rings. The predicted molar refractivity (Wildman–Crippen MR) is 231 cm³/mol. The van der Waals surface area contributed by atoms with Gasteiger partial charge in [-0.05, 0) is 57.8 Å². The number of allylic oxidation sites excluding steroid dienone is 10. The van der Waals surface area contributed by atoms with E-state index in [1.807, 2.05) is 0 Å². The summed E-state index contributed by atoms with van der Waals surface area (Å²) in [7, 11) is -4.76. The second-order valence-corrected chi connectivity index (χ2v) is 16.0. The van der Waals surface area contributed by atoms with Crippen LogP contribution in [-0.4, -0.2) is 64.9 Å². The van der Waals surface area contributed by atoms with Crippen molar-refractivity contribution in [2.24, 2.45) is 0 Å². The van der Waals surface area contributed by atoms with Crippen LogP contribution in [0.5, 0.6) is 0 Å². The number of carbonyl (C=O) groups excluding carboxylic acids is 2. The largest absolute Gasteiger partial charge is 0.480 e. The Bertz CT molecular complexity index is 1200. The first-order valence-corrected chi connectivity index (χ1v) is 23.3.